The Morgan fingerprint density at radius 1 is 0.947 bits per heavy atom. The molecule has 0 radical (unpaired) electrons. The molecule has 0 heterocycles. The summed E-state index contributed by atoms with van der Waals surface area (Å²) < 4.78 is 0. The molecule has 2 aromatic rings. The molecule has 0 saturated carbocycles. The monoisotopic (exact) mass is 253 g/mol. The number of nitrogen functional groups attached to an aromatic ring is 1. The molecule has 2 rings (SSSR count). The van der Waals surface area contributed by atoms with Gasteiger partial charge in [-0.1, -0.05) is 48.6 Å². The van der Waals surface area contributed by atoms with Gasteiger partial charge in [0.25, 0.3) is 0 Å². The Bertz CT molecular complexity index is 583. The molecule has 0 unspecified atom stereocenters. The van der Waals surface area contributed by atoms with Crippen LogP contribution < -0.4 is 5.73 Å². The molecule has 3 N–H and O–H groups in total. The lowest BCUT2D eigenvalue weighted by Crippen LogP contribution is -1.99. The Kier molecular flexibility index (Phi) is 3.98. The molecule has 19 heavy (non-hydrogen) atoms. The predicted octanol–water partition coefficient (Wildman–Crippen LogP) is 3.07. The highest BCUT2D eigenvalue weighted by Crippen LogP contribution is 2.11. The van der Waals surface area contributed by atoms with E-state index >= 15 is 0 Å². The molecule has 0 atom stereocenters. The number of carboxylic acid groups (broad SMARTS) is 1. The van der Waals surface area contributed by atoms with Crippen molar-refractivity contribution in [3.05, 3.63) is 65.2 Å². The lowest BCUT2D eigenvalue weighted by molar-refractivity contribution is -0.136. The minimum absolute atomic E-state index is 0.0575. The first-order chi connectivity index (χ1) is 9.13. The number of benzene rings is 2. The van der Waals surface area contributed by atoms with Crippen LogP contribution in [0, 0.1) is 0 Å². The third kappa shape index (κ3) is 4.00. The standard InChI is InChI=1S/C16H15NO2/c17-15-9-7-13(8-10-15)2-1-12-3-5-14(6-4-12)11-16(18)19/h1-10H,11,17H2,(H,18,19)/b2-1+. The second kappa shape index (κ2) is 5.87. The van der Waals surface area contributed by atoms with E-state index < -0.39 is 5.97 Å². The van der Waals surface area contributed by atoms with Crippen LogP contribution in [0.5, 0.6) is 0 Å². The Labute approximate surface area is 112 Å². The lowest BCUT2D eigenvalue weighted by atomic mass is 10.1. The third-order valence-corrected chi connectivity index (χ3v) is 2.74. The fraction of sp³-hybridized carbons (Fsp3) is 0.0625. The van der Waals surface area contributed by atoms with Gasteiger partial charge in [-0.15, -0.1) is 0 Å². The van der Waals surface area contributed by atoms with Gasteiger partial charge in [0, 0.05) is 5.69 Å². The summed E-state index contributed by atoms with van der Waals surface area (Å²) >= 11 is 0. The maximum absolute atomic E-state index is 10.6. The van der Waals surface area contributed by atoms with Crippen molar-refractivity contribution >= 4 is 23.8 Å². The highest BCUT2D eigenvalue weighted by Gasteiger charge is 1.99. The number of anilines is 1. The number of hydrogen-bond acceptors (Lipinski definition) is 2. The summed E-state index contributed by atoms with van der Waals surface area (Å²) in [5, 5.41) is 8.69. The molecule has 3 nitrogen and oxygen atoms in total. The maximum Gasteiger partial charge on any atom is 0.307 e. The summed E-state index contributed by atoms with van der Waals surface area (Å²) in [6, 6.07) is 15.1. The predicted molar refractivity (Wildman–Crippen MR) is 77.6 cm³/mol. The van der Waals surface area contributed by atoms with Crippen LogP contribution in [0.15, 0.2) is 48.5 Å². The van der Waals surface area contributed by atoms with Crippen LogP contribution in [0.25, 0.3) is 12.2 Å². The Morgan fingerprint density at radius 3 is 1.89 bits per heavy atom. The molecule has 0 aliphatic carbocycles. The van der Waals surface area contributed by atoms with E-state index in [4.69, 9.17) is 10.8 Å². The van der Waals surface area contributed by atoms with Crippen molar-refractivity contribution in [3.63, 3.8) is 0 Å². The second-order valence-corrected chi connectivity index (χ2v) is 4.31. The van der Waals surface area contributed by atoms with Crippen molar-refractivity contribution in [3.8, 4) is 0 Å². The van der Waals surface area contributed by atoms with Gasteiger partial charge >= 0.3 is 5.97 Å². The highest BCUT2D eigenvalue weighted by atomic mass is 16.4. The first-order valence-electron chi connectivity index (χ1n) is 5.98. The smallest absolute Gasteiger partial charge is 0.307 e. The van der Waals surface area contributed by atoms with Crippen LogP contribution in [-0.2, 0) is 11.2 Å². The summed E-state index contributed by atoms with van der Waals surface area (Å²) in [6.07, 6.45) is 4.03. The largest absolute Gasteiger partial charge is 0.481 e. The number of carbonyl (C=O) groups is 1. The van der Waals surface area contributed by atoms with Gasteiger partial charge in [0.2, 0.25) is 0 Å². The summed E-state index contributed by atoms with van der Waals surface area (Å²) in [6.45, 7) is 0. The molecule has 0 aliphatic rings. The second-order valence-electron chi connectivity index (χ2n) is 4.31. The zero-order valence-electron chi connectivity index (χ0n) is 10.4. The summed E-state index contributed by atoms with van der Waals surface area (Å²) in [5.41, 5.74) is 9.27. The van der Waals surface area contributed by atoms with E-state index in [1.54, 1.807) is 0 Å². The van der Waals surface area contributed by atoms with Crippen molar-refractivity contribution in [1.82, 2.24) is 0 Å². The van der Waals surface area contributed by atoms with Gasteiger partial charge in [-0.25, -0.2) is 0 Å². The Morgan fingerprint density at radius 2 is 1.42 bits per heavy atom. The number of nitrogens with two attached hydrogens (primary N) is 1. The molecular formula is C16H15NO2. The number of hydrogen-bond donors (Lipinski definition) is 2. The van der Waals surface area contributed by atoms with E-state index in [0.717, 1.165) is 22.4 Å². The van der Waals surface area contributed by atoms with Gasteiger partial charge in [-0.3, -0.25) is 4.79 Å². The average molecular weight is 253 g/mol. The molecule has 0 aliphatic heterocycles. The van der Waals surface area contributed by atoms with Crippen molar-refractivity contribution in [2.24, 2.45) is 0 Å². The van der Waals surface area contributed by atoms with Crippen LogP contribution in [-0.4, -0.2) is 11.1 Å². The quantitative estimate of drug-likeness (QED) is 0.650. The van der Waals surface area contributed by atoms with E-state index in [2.05, 4.69) is 0 Å². The molecule has 2 aromatic carbocycles. The number of rotatable bonds is 4. The zero-order valence-corrected chi connectivity index (χ0v) is 10.4. The molecular weight excluding hydrogens is 238 g/mol. The van der Waals surface area contributed by atoms with Crippen molar-refractivity contribution in [2.45, 2.75) is 6.42 Å². The highest BCUT2D eigenvalue weighted by molar-refractivity contribution is 5.72. The van der Waals surface area contributed by atoms with Gasteiger partial charge < -0.3 is 10.8 Å². The van der Waals surface area contributed by atoms with Crippen LogP contribution in [0.1, 0.15) is 16.7 Å². The van der Waals surface area contributed by atoms with Gasteiger partial charge in [-0.2, -0.15) is 0 Å². The number of carboxylic acids is 1. The van der Waals surface area contributed by atoms with Crippen LogP contribution in [0.2, 0.25) is 0 Å². The van der Waals surface area contributed by atoms with E-state index in [1.807, 2.05) is 60.7 Å². The topological polar surface area (TPSA) is 63.3 Å². The maximum atomic E-state index is 10.6. The van der Waals surface area contributed by atoms with Crippen molar-refractivity contribution < 1.29 is 9.90 Å². The van der Waals surface area contributed by atoms with Crippen LogP contribution >= 0.6 is 0 Å². The molecule has 0 saturated heterocycles. The van der Waals surface area contributed by atoms with E-state index in [-0.39, 0.29) is 6.42 Å². The molecule has 0 bridgehead atoms. The first-order valence-corrected chi connectivity index (χ1v) is 5.98. The van der Waals surface area contributed by atoms with E-state index in [9.17, 15) is 4.79 Å². The molecule has 0 aromatic heterocycles. The fourth-order valence-corrected chi connectivity index (χ4v) is 1.72. The fourth-order valence-electron chi connectivity index (χ4n) is 1.72. The summed E-state index contributed by atoms with van der Waals surface area (Å²) in [5.74, 6) is -0.815. The first kappa shape index (κ1) is 12.9. The molecule has 96 valence electrons. The van der Waals surface area contributed by atoms with Gasteiger partial charge in [0.05, 0.1) is 6.42 Å². The Hall–Kier alpha value is -2.55. The molecule has 0 spiro atoms. The molecule has 0 amide bonds. The van der Waals surface area contributed by atoms with E-state index in [0.29, 0.717) is 0 Å². The summed E-state index contributed by atoms with van der Waals surface area (Å²) in [4.78, 5) is 10.6. The van der Waals surface area contributed by atoms with Crippen molar-refractivity contribution in [1.29, 1.82) is 0 Å². The van der Waals surface area contributed by atoms with Crippen LogP contribution in [0.4, 0.5) is 5.69 Å². The van der Waals surface area contributed by atoms with Gasteiger partial charge in [-0.05, 0) is 28.8 Å². The van der Waals surface area contributed by atoms with E-state index in [1.165, 1.54) is 0 Å². The Balaban J connectivity index is 2.06. The summed E-state index contributed by atoms with van der Waals surface area (Å²) in [7, 11) is 0. The third-order valence-electron chi connectivity index (χ3n) is 2.74. The number of aliphatic carboxylic acids is 1. The normalized spacial score (nSPS) is 10.7. The lowest BCUT2D eigenvalue weighted by Gasteiger charge is -1.99. The minimum atomic E-state index is -0.815. The SMILES string of the molecule is Nc1ccc(/C=C/c2ccc(CC(=O)O)cc2)cc1. The van der Waals surface area contributed by atoms with Crippen molar-refractivity contribution in [2.75, 3.05) is 5.73 Å². The van der Waals surface area contributed by atoms with Gasteiger partial charge in [0.1, 0.15) is 0 Å². The van der Waals surface area contributed by atoms with Gasteiger partial charge in [0.15, 0.2) is 0 Å². The average Bonchev–Trinajstić information content (AvgIpc) is 2.39. The molecule has 0 fully saturated rings. The zero-order chi connectivity index (χ0) is 13.7. The molecule has 3 heteroatoms. The minimum Gasteiger partial charge on any atom is -0.481 e. The van der Waals surface area contributed by atoms with Crippen LogP contribution in [0.3, 0.4) is 0 Å².